The van der Waals surface area contributed by atoms with Crippen LogP contribution in [0.4, 0.5) is 5.69 Å². The highest BCUT2D eigenvalue weighted by Gasteiger charge is 2.15. The smallest absolute Gasteiger partial charge is 0.234 e. The Bertz CT molecular complexity index is 882. The molecular formula is C19H22N4OS3. The number of aryl methyl sites for hydroxylation is 1. The number of para-hydroxylation sites is 2. The number of anilines is 1. The van der Waals surface area contributed by atoms with E-state index in [-0.39, 0.29) is 5.91 Å². The van der Waals surface area contributed by atoms with E-state index in [0.717, 1.165) is 49.0 Å². The van der Waals surface area contributed by atoms with Gasteiger partial charge in [-0.15, -0.1) is 23.5 Å². The van der Waals surface area contributed by atoms with Gasteiger partial charge in [0, 0.05) is 10.6 Å². The SMILES string of the molecule is CCSc1cc(C)nc(SCC)c1NC(=O)CSc1nc2ccccc2[nH]1. The minimum absolute atomic E-state index is 0.0537. The highest BCUT2D eigenvalue weighted by atomic mass is 32.2. The van der Waals surface area contributed by atoms with Crippen LogP contribution in [0.2, 0.25) is 0 Å². The molecule has 142 valence electrons. The van der Waals surface area contributed by atoms with Crippen molar-refractivity contribution in [3.05, 3.63) is 36.0 Å². The molecule has 2 aromatic heterocycles. The number of H-pyrrole nitrogens is 1. The Hall–Kier alpha value is -1.64. The van der Waals surface area contributed by atoms with Gasteiger partial charge in [0.15, 0.2) is 5.16 Å². The van der Waals surface area contributed by atoms with Crippen LogP contribution in [0.25, 0.3) is 11.0 Å². The molecule has 0 saturated heterocycles. The molecule has 1 amide bonds. The lowest BCUT2D eigenvalue weighted by molar-refractivity contribution is -0.113. The Kier molecular flexibility index (Phi) is 7.09. The number of aromatic amines is 1. The van der Waals surface area contributed by atoms with Gasteiger partial charge in [-0.25, -0.2) is 9.97 Å². The van der Waals surface area contributed by atoms with Gasteiger partial charge in [0.2, 0.25) is 5.91 Å². The zero-order valence-electron chi connectivity index (χ0n) is 15.5. The Morgan fingerprint density at radius 3 is 2.63 bits per heavy atom. The number of carbonyl (C=O) groups excluding carboxylic acids is 1. The standard InChI is InChI=1S/C19H22N4OS3/c1-4-25-15-10-12(3)20-18(26-5-2)17(15)23-16(24)11-27-19-21-13-8-6-7-9-14(13)22-19/h6-10H,4-5,11H2,1-3H3,(H,21,22)(H,23,24). The number of hydrogen-bond donors (Lipinski definition) is 2. The molecule has 27 heavy (non-hydrogen) atoms. The molecule has 0 radical (unpaired) electrons. The molecule has 0 atom stereocenters. The summed E-state index contributed by atoms with van der Waals surface area (Å²) in [5, 5.41) is 4.71. The van der Waals surface area contributed by atoms with E-state index in [0.29, 0.717) is 5.75 Å². The molecule has 0 fully saturated rings. The predicted octanol–water partition coefficient (Wildman–Crippen LogP) is 5.22. The van der Waals surface area contributed by atoms with Crippen molar-refractivity contribution in [3.63, 3.8) is 0 Å². The first kappa shape index (κ1) is 20.1. The van der Waals surface area contributed by atoms with Crippen molar-refractivity contribution in [1.82, 2.24) is 15.0 Å². The summed E-state index contributed by atoms with van der Waals surface area (Å²) in [5.74, 6) is 2.08. The molecule has 5 nitrogen and oxygen atoms in total. The average Bonchev–Trinajstić information content (AvgIpc) is 3.06. The Balaban J connectivity index is 1.72. The fourth-order valence-electron chi connectivity index (χ4n) is 2.55. The van der Waals surface area contributed by atoms with E-state index in [1.807, 2.05) is 37.3 Å². The first-order valence-corrected chi connectivity index (χ1v) is 11.7. The predicted molar refractivity (Wildman–Crippen MR) is 117 cm³/mol. The van der Waals surface area contributed by atoms with Gasteiger partial charge in [0.25, 0.3) is 0 Å². The number of thioether (sulfide) groups is 3. The summed E-state index contributed by atoms with van der Waals surface area (Å²) in [6, 6.07) is 9.89. The number of amides is 1. The number of nitrogens with one attached hydrogen (secondary N) is 2. The monoisotopic (exact) mass is 418 g/mol. The molecule has 0 aliphatic rings. The lowest BCUT2D eigenvalue weighted by atomic mass is 10.3. The zero-order chi connectivity index (χ0) is 19.2. The van der Waals surface area contributed by atoms with E-state index in [1.54, 1.807) is 23.5 Å². The molecule has 2 N–H and O–H groups in total. The van der Waals surface area contributed by atoms with E-state index in [1.165, 1.54) is 11.8 Å². The van der Waals surface area contributed by atoms with Crippen LogP contribution in [0, 0.1) is 6.92 Å². The van der Waals surface area contributed by atoms with Crippen LogP contribution in [0.5, 0.6) is 0 Å². The van der Waals surface area contributed by atoms with Crippen molar-refractivity contribution in [2.45, 2.75) is 35.8 Å². The van der Waals surface area contributed by atoms with Gasteiger partial charge in [0.1, 0.15) is 5.03 Å². The van der Waals surface area contributed by atoms with Crippen molar-refractivity contribution in [2.75, 3.05) is 22.6 Å². The second-order valence-corrected chi connectivity index (χ2v) is 9.23. The number of nitrogens with zero attached hydrogens (tertiary/aromatic N) is 2. The molecule has 3 rings (SSSR count). The minimum atomic E-state index is -0.0537. The van der Waals surface area contributed by atoms with E-state index in [9.17, 15) is 4.79 Å². The first-order valence-electron chi connectivity index (χ1n) is 8.75. The molecule has 3 aromatic rings. The molecule has 0 unspecified atom stereocenters. The summed E-state index contributed by atoms with van der Waals surface area (Å²) in [6.07, 6.45) is 0. The van der Waals surface area contributed by atoms with Crippen molar-refractivity contribution < 1.29 is 4.79 Å². The normalized spacial score (nSPS) is 11.1. The molecule has 0 aliphatic heterocycles. The summed E-state index contributed by atoms with van der Waals surface area (Å²) in [6.45, 7) is 6.18. The van der Waals surface area contributed by atoms with Gasteiger partial charge in [0.05, 0.1) is 22.5 Å². The van der Waals surface area contributed by atoms with E-state index < -0.39 is 0 Å². The highest BCUT2D eigenvalue weighted by molar-refractivity contribution is 8.00. The summed E-state index contributed by atoms with van der Waals surface area (Å²) < 4.78 is 0. The van der Waals surface area contributed by atoms with E-state index >= 15 is 0 Å². The van der Waals surface area contributed by atoms with Crippen LogP contribution < -0.4 is 5.32 Å². The minimum Gasteiger partial charge on any atom is -0.333 e. The number of benzene rings is 1. The van der Waals surface area contributed by atoms with Gasteiger partial charge in [-0.1, -0.05) is 37.7 Å². The number of carbonyl (C=O) groups is 1. The summed E-state index contributed by atoms with van der Waals surface area (Å²) >= 11 is 4.78. The van der Waals surface area contributed by atoms with Gasteiger partial charge < -0.3 is 10.3 Å². The lowest BCUT2D eigenvalue weighted by Crippen LogP contribution is -2.16. The molecule has 0 aliphatic carbocycles. The van der Waals surface area contributed by atoms with Gasteiger partial charge in [-0.2, -0.15) is 0 Å². The van der Waals surface area contributed by atoms with Crippen LogP contribution >= 0.6 is 35.3 Å². The second-order valence-electron chi connectivity index (χ2n) is 5.70. The van der Waals surface area contributed by atoms with Crippen LogP contribution in [0.1, 0.15) is 19.5 Å². The molecule has 0 spiro atoms. The quantitative estimate of drug-likeness (QED) is 0.489. The van der Waals surface area contributed by atoms with Crippen molar-refractivity contribution in [3.8, 4) is 0 Å². The summed E-state index contributed by atoms with van der Waals surface area (Å²) in [4.78, 5) is 26.0. The third kappa shape index (κ3) is 5.21. The third-order valence-electron chi connectivity index (χ3n) is 3.63. The van der Waals surface area contributed by atoms with Crippen LogP contribution in [-0.4, -0.2) is 38.1 Å². The fourth-order valence-corrected chi connectivity index (χ4v) is 4.94. The number of aromatic nitrogens is 3. The van der Waals surface area contributed by atoms with Crippen molar-refractivity contribution in [2.24, 2.45) is 0 Å². The van der Waals surface area contributed by atoms with Gasteiger partial charge in [-0.3, -0.25) is 4.79 Å². The number of fused-ring (bicyclic) bond motifs is 1. The number of rotatable bonds is 8. The summed E-state index contributed by atoms with van der Waals surface area (Å²) in [5.41, 5.74) is 3.68. The zero-order valence-corrected chi connectivity index (χ0v) is 18.0. The Morgan fingerprint density at radius 2 is 1.89 bits per heavy atom. The largest absolute Gasteiger partial charge is 0.333 e. The number of imidazole rings is 1. The van der Waals surface area contributed by atoms with Crippen LogP contribution in [0.3, 0.4) is 0 Å². The van der Waals surface area contributed by atoms with Crippen LogP contribution in [0.15, 0.2) is 45.4 Å². The third-order valence-corrected chi connectivity index (χ3v) is 6.28. The van der Waals surface area contributed by atoms with Crippen molar-refractivity contribution >= 4 is 57.9 Å². The molecule has 0 bridgehead atoms. The fraction of sp³-hybridized carbons (Fsp3) is 0.316. The topological polar surface area (TPSA) is 70.7 Å². The van der Waals surface area contributed by atoms with E-state index in [2.05, 4.69) is 34.1 Å². The molecule has 1 aromatic carbocycles. The maximum absolute atomic E-state index is 12.6. The van der Waals surface area contributed by atoms with Gasteiger partial charge >= 0.3 is 0 Å². The van der Waals surface area contributed by atoms with Crippen LogP contribution in [-0.2, 0) is 4.79 Å². The molecule has 8 heteroatoms. The molecular weight excluding hydrogens is 396 g/mol. The van der Waals surface area contributed by atoms with Crippen molar-refractivity contribution in [1.29, 1.82) is 0 Å². The Labute approximate surface area is 171 Å². The lowest BCUT2D eigenvalue weighted by Gasteiger charge is -2.15. The maximum atomic E-state index is 12.6. The highest BCUT2D eigenvalue weighted by Crippen LogP contribution is 2.35. The molecule has 2 heterocycles. The van der Waals surface area contributed by atoms with E-state index in [4.69, 9.17) is 0 Å². The Morgan fingerprint density at radius 1 is 1.11 bits per heavy atom. The maximum Gasteiger partial charge on any atom is 0.234 e. The average molecular weight is 419 g/mol. The van der Waals surface area contributed by atoms with Gasteiger partial charge in [-0.05, 0) is 36.6 Å². The summed E-state index contributed by atoms with van der Waals surface area (Å²) in [7, 11) is 0. The molecule has 0 saturated carbocycles. The second kappa shape index (κ2) is 9.52. The first-order chi connectivity index (χ1) is 13.1. The number of pyridine rings is 1. The number of hydrogen-bond acceptors (Lipinski definition) is 6.